The SMILES string of the molecule is O=C(O)c1cc(CN2CCCC2=O)ccc1[O-]. The summed E-state index contributed by atoms with van der Waals surface area (Å²) in [4.78, 5) is 23.9. The fourth-order valence-electron chi connectivity index (χ4n) is 1.93. The predicted molar refractivity (Wildman–Crippen MR) is 57.5 cm³/mol. The average Bonchev–Trinajstić information content (AvgIpc) is 2.67. The summed E-state index contributed by atoms with van der Waals surface area (Å²) in [6, 6.07) is 4.15. The van der Waals surface area contributed by atoms with E-state index in [-0.39, 0.29) is 11.5 Å². The van der Waals surface area contributed by atoms with Crippen LogP contribution in [0.15, 0.2) is 18.2 Å². The lowest BCUT2D eigenvalue weighted by atomic mass is 10.1. The first-order chi connectivity index (χ1) is 8.08. The molecule has 2 rings (SSSR count). The number of hydrogen-bond donors (Lipinski definition) is 1. The van der Waals surface area contributed by atoms with Gasteiger partial charge in [0.2, 0.25) is 5.91 Å². The second-order valence-electron chi connectivity index (χ2n) is 4.05. The zero-order valence-electron chi connectivity index (χ0n) is 9.18. The molecule has 0 unspecified atom stereocenters. The molecule has 5 nitrogen and oxygen atoms in total. The Morgan fingerprint density at radius 3 is 2.82 bits per heavy atom. The van der Waals surface area contributed by atoms with Crippen LogP contribution in [0.2, 0.25) is 0 Å². The molecule has 1 heterocycles. The fourth-order valence-corrected chi connectivity index (χ4v) is 1.93. The topological polar surface area (TPSA) is 80.7 Å². The summed E-state index contributed by atoms with van der Waals surface area (Å²) in [5, 5.41) is 20.1. The number of carbonyl (C=O) groups excluding carboxylic acids is 1. The van der Waals surface area contributed by atoms with Crippen LogP contribution >= 0.6 is 0 Å². The molecule has 1 fully saturated rings. The molecule has 0 atom stereocenters. The number of aromatic carboxylic acids is 1. The summed E-state index contributed by atoms with van der Waals surface area (Å²) in [6.45, 7) is 1.07. The van der Waals surface area contributed by atoms with Crippen LogP contribution in [0, 0.1) is 0 Å². The van der Waals surface area contributed by atoms with Gasteiger partial charge in [-0.25, -0.2) is 4.79 Å². The number of likely N-dealkylation sites (tertiary alicyclic amines) is 1. The van der Waals surface area contributed by atoms with Crippen LogP contribution in [0.5, 0.6) is 5.75 Å². The van der Waals surface area contributed by atoms with Crippen molar-refractivity contribution in [2.45, 2.75) is 19.4 Å². The van der Waals surface area contributed by atoms with Gasteiger partial charge in [0.25, 0.3) is 0 Å². The van der Waals surface area contributed by atoms with E-state index < -0.39 is 11.7 Å². The molecule has 1 amide bonds. The predicted octanol–water partition coefficient (Wildman–Crippen LogP) is 0.581. The monoisotopic (exact) mass is 234 g/mol. The van der Waals surface area contributed by atoms with E-state index >= 15 is 0 Å². The maximum Gasteiger partial charge on any atom is 0.335 e. The van der Waals surface area contributed by atoms with Crippen LogP contribution in [0.3, 0.4) is 0 Å². The van der Waals surface area contributed by atoms with Crippen LogP contribution in [0.25, 0.3) is 0 Å². The van der Waals surface area contributed by atoms with Gasteiger partial charge in [0.15, 0.2) is 0 Å². The van der Waals surface area contributed by atoms with Crippen LogP contribution < -0.4 is 5.11 Å². The van der Waals surface area contributed by atoms with Crippen molar-refractivity contribution in [2.24, 2.45) is 0 Å². The van der Waals surface area contributed by atoms with Gasteiger partial charge in [-0.15, -0.1) is 0 Å². The summed E-state index contributed by atoms with van der Waals surface area (Å²) in [5.74, 6) is -1.66. The number of rotatable bonds is 3. The summed E-state index contributed by atoms with van der Waals surface area (Å²) in [6.07, 6.45) is 1.38. The average molecular weight is 234 g/mol. The minimum absolute atomic E-state index is 0.0769. The Kier molecular flexibility index (Phi) is 2.99. The maximum atomic E-state index is 11.4. The first kappa shape index (κ1) is 11.4. The van der Waals surface area contributed by atoms with Gasteiger partial charge < -0.3 is 15.1 Å². The van der Waals surface area contributed by atoms with Crippen molar-refractivity contribution in [3.8, 4) is 5.75 Å². The molecule has 1 aliphatic rings. The molecule has 17 heavy (non-hydrogen) atoms. The van der Waals surface area contributed by atoms with E-state index in [0.717, 1.165) is 6.42 Å². The minimum Gasteiger partial charge on any atom is -0.872 e. The number of carbonyl (C=O) groups is 2. The molecule has 1 aromatic rings. The molecule has 1 N–H and O–H groups in total. The molecule has 0 bridgehead atoms. The number of benzene rings is 1. The third-order valence-corrected chi connectivity index (χ3v) is 2.82. The zero-order valence-corrected chi connectivity index (χ0v) is 9.18. The Morgan fingerprint density at radius 2 is 2.24 bits per heavy atom. The van der Waals surface area contributed by atoms with Gasteiger partial charge in [-0.2, -0.15) is 0 Å². The van der Waals surface area contributed by atoms with Gasteiger partial charge in [-0.3, -0.25) is 4.79 Å². The standard InChI is InChI=1S/C12H13NO4/c14-10-4-3-8(6-9(10)12(16)17)7-13-5-1-2-11(13)15/h3-4,6,14H,1-2,5,7H2,(H,16,17)/p-1. The highest BCUT2D eigenvalue weighted by Gasteiger charge is 2.20. The van der Waals surface area contributed by atoms with Gasteiger partial charge in [-0.1, -0.05) is 17.9 Å². The van der Waals surface area contributed by atoms with E-state index in [1.165, 1.54) is 12.1 Å². The zero-order chi connectivity index (χ0) is 12.4. The largest absolute Gasteiger partial charge is 0.872 e. The van der Waals surface area contributed by atoms with E-state index in [4.69, 9.17) is 5.11 Å². The van der Waals surface area contributed by atoms with Gasteiger partial charge in [-0.05, 0) is 18.1 Å². The molecular weight excluding hydrogens is 222 g/mol. The van der Waals surface area contributed by atoms with Crippen LogP contribution in [-0.2, 0) is 11.3 Å². The Balaban J connectivity index is 2.19. The lowest BCUT2D eigenvalue weighted by molar-refractivity contribution is -0.268. The first-order valence-corrected chi connectivity index (χ1v) is 5.39. The van der Waals surface area contributed by atoms with Crippen molar-refractivity contribution in [1.82, 2.24) is 4.90 Å². The number of carboxylic acid groups (broad SMARTS) is 1. The van der Waals surface area contributed by atoms with Crippen molar-refractivity contribution in [1.29, 1.82) is 0 Å². The Labute approximate surface area is 98.3 Å². The molecule has 1 aromatic carbocycles. The van der Waals surface area contributed by atoms with Gasteiger partial charge in [0.05, 0.1) is 5.56 Å². The molecule has 0 saturated carbocycles. The molecule has 0 aromatic heterocycles. The normalized spacial score (nSPS) is 15.3. The summed E-state index contributed by atoms with van der Waals surface area (Å²) < 4.78 is 0. The Bertz CT molecular complexity index is 470. The first-order valence-electron chi connectivity index (χ1n) is 5.39. The summed E-state index contributed by atoms with van der Waals surface area (Å²) >= 11 is 0. The molecule has 0 aliphatic carbocycles. The number of hydrogen-bond acceptors (Lipinski definition) is 3. The quantitative estimate of drug-likeness (QED) is 0.829. The van der Waals surface area contributed by atoms with Crippen LogP contribution in [0.1, 0.15) is 28.8 Å². The molecular formula is C12H12NO4-. The third kappa shape index (κ3) is 2.38. The Hall–Kier alpha value is -2.04. The molecule has 1 saturated heterocycles. The lowest BCUT2D eigenvalue weighted by Crippen LogP contribution is -2.24. The van der Waals surface area contributed by atoms with Crippen LogP contribution in [0.4, 0.5) is 0 Å². The highest BCUT2D eigenvalue weighted by atomic mass is 16.4. The van der Waals surface area contributed by atoms with Crippen molar-refractivity contribution in [3.63, 3.8) is 0 Å². The fraction of sp³-hybridized carbons (Fsp3) is 0.333. The van der Waals surface area contributed by atoms with Gasteiger partial charge in [0, 0.05) is 19.5 Å². The van der Waals surface area contributed by atoms with E-state index in [0.29, 0.717) is 25.1 Å². The molecule has 0 spiro atoms. The third-order valence-electron chi connectivity index (χ3n) is 2.82. The molecule has 5 heteroatoms. The minimum atomic E-state index is -1.23. The highest BCUT2D eigenvalue weighted by Crippen LogP contribution is 2.19. The number of nitrogens with zero attached hydrogens (tertiary/aromatic N) is 1. The highest BCUT2D eigenvalue weighted by molar-refractivity contribution is 5.90. The van der Waals surface area contributed by atoms with E-state index in [9.17, 15) is 14.7 Å². The number of amides is 1. The Morgan fingerprint density at radius 1 is 1.47 bits per heavy atom. The molecule has 0 radical (unpaired) electrons. The number of carboxylic acids is 1. The van der Waals surface area contributed by atoms with E-state index in [2.05, 4.69) is 0 Å². The van der Waals surface area contributed by atoms with E-state index in [1.807, 2.05) is 0 Å². The van der Waals surface area contributed by atoms with Crippen molar-refractivity contribution in [3.05, 3.63) is 29.3 Å². The summed E-state index contributed by atoms with van der Waals surface area (Å²) in [5.41, 5.74) is 0.436. The molecule has 90 valence electrons. The maximum absolute atomic E-state index is 11.4. The van der Waals surface area contributed by atoms with Gasteiger partial charge >= 0.3 is 5.97 Å². The second-order valence-corrected chi connectivity index (χ2v) is 4.05. The van der Waals surface area contributed by atoms with Crippen molar-refractivity contribution in [2.75, 3.05) is 6.54 Å². The van der Waals surface area contributed by atoms with Crippen molar-refractivity contribution >= 4 is 11.9 Å². The van der Waals surface area contributed by atoms with E-state index in [1.54, 1.807) is 11.0 Å². The lowest BCUT2D eigenvalue weighted by Gasteiger charge is -2.17. The second kappa shape index (κ2) is 4.45. The smallest absolute Gasteiger partial charge is 0.335 e. The van der Waals surface area contributed by atoms with Crippen molar-refractivity contribution < 1.29 is 19.8 Å². The van der Waals surface area contributed by atoms with Gasteiger partial charge in [0.1, 0.15) is 0 Å². The van der Waals surface area contributed by atoms with Crippen LogP contribution in [-0.4, -0.2) is 28.4 Å². The summed E-state index contributed by atoms with van der Waals surface area (Å²) in [7, 11) is 0. The molecule has 1 aliphatic heterocycles.